The first kappa shape index (κ1) is 19.0. The number of nitrogens with zero attached hydrogens (tertiary/aromatic N) is 1. The number of guanidine groups is 1. The molecule has 0 aromatic rings. The van der Waals surface area contributed by atoms with Gasteiger partial charge >= 0.3 is 0 Å². The van der Waals surface area contributed by atoms with Gasteiger partial charge in [-0.25, -0.2) is 8.42 Å². The first-order valence-corrected chi connectivity index (χ1v) is 12.1. The fraction of sp³-hybridized carbons (Fsp3) is 0.947. The lowest BCUT2D eigenvalue weighted by Gasteiger charge is -2.30. The molecule has 1 heterocycles. The standard InChI is InChI=1S/C19H35N3O2S/c1-2-15-7-9-18(10-8-15)22-19(21-17-5-3-4-6-17)20-13-16-11-12-25(23,24)14-16/h15-18H,2-14H2,1H3,(H2,20,21,22). The van der Waals surface area contributed by atoms with Crippen molar-refractivity contribution in [3.05, 3.63) is 0 Å². The van der Waals surface area contributed by atoms with Crippen molar-refractivity contribution in [2.24, 2.45) is 16.8 Å². The maximum absolute atomic E-state index is 11.7. The first-order valence-electron chi connectivity index (χ1n) is 10.3. The topological polar surface area (TPSA) is 70.6 Å². The lowest BCUT2D eigenvalue weighted by Crippen LogP contribution is -2.48. The third-order valence-electron chi connectivity index (χ3n) is 6.30. The Morgan fingerprint density at radius 3 is 2.12 bits per heavy atom. The second-order valence-corrected chi connectivity index (χ2v) is 10.6. The van der Waals surface area contributed by atoms with Gasteiger partial charge in [-0.1, -0.05) is 26.2 Å². The zero-order valence-electron chi connectivity index (χ0n) is 15.7. The van der Waals surface area contributed by atoms with Crippen LogP contribution in [0.5, 0.6) is 0 Å². The van der Waals surface area contributed by atoms with E-state index >= 15 is 0 Å². The third-order valence-corrected chi connectivity index (χ3v) is 8.13. The Morgan fingerprint density at radius 2 is 1.56 bits per heavy atom. The molecule has 0 aromatic heterocycles. The molecule has 0 amide bonds. The minimum Gasteiger partial charge on any atom is -0.354 e. The predicted molar refractivity (Wildman–Crippen MR) is 104 cm³/mol. The molecule has 25 heavy (non-hydrogen) atoms. The molecule has 0 radical (unpaired) electrons. The molecule has 3 aliphatic rings. The van der Waals surface area contributed by atoms with Gasteiger partial charge in [-0.15, -0.1) is 0 Å². The molecule has 5 nitrogen and oxygen atoms in total. The Bertz CT molecular complexity index is 547. The minimum atomic E-state index is -2.81. The van der Waals surface area contributed by atoms with E-state index < -0.39 is 9.84 Å². The Balaban J connectivity index is 1.55. The van der Waals surface area contributed by atoms with Crippen molar-refractivity contribution in [1.29, 1.82) is 0 Å². The fourth-order valence-electron chi connectivity index (χ4n) is 4.54. The van der Waals surface area contributed by atoms with Crippen LogP contribution in [0.4, 0.5) is 0 Å². The van der Waals surface area contributed by atoms with Crippen molar-refractivity contribution in [3.8, 4) is 0 Å². The molecule has 3 rings (SSSR count). The van der Waals surface area contributed by atoms with E-state index in [2.05, 4.69) is 17.6 Å². The Hall–Kier alpha value is -0.780. The van der Waals surface area contributed by atoms with Crippen molar-refractivity contribution in [2.45, 2.75) is 83.2 Å². The van der Waals surface area contributed by atoms with Gasteiger partial charge in [0.2, 0.25) is 0 Å². The zero-order chi connectivity index (χ0) is 17.7. The number of aliphatic imine (C=N–C) groups is 1. The molecule has 2 N–H and O–H groups in total. The van der Waals surface area contributed by atoms with Crippen LogP contribution in [0, 0.1) is 11.8 Å². The maximum Gasteiger partial charge on any atom is 0.191 e. The highest BCUT2D eigenvalue weighted by Gasteiger charge is 2.28. The molecule has 6 heteroatoms. The summed E-state index contributed by atoms with van der Waals surface area (Å²) in [6.45, 7) is 2.92. The summed E-state index contributed by atoms with van der Waals surface area (Å²) in [6.07, 6.45) is 12.2. The normalized spacial score (nSPS) is 33.5. The van der Waals surface area contributed by atoms with E-state index in [0.717, 1.165) is 18.3 Å². The van der Waals surface area contributed by atoms with Crippen molar-refractivity contribution >= 4 is 15.8 Å². The molecular weight excluding hydrogens is 334 g/mol. The first-order chi connectivity index (χ1) is 12.0. The number of hydrogen-bond acceptors (Lipinski definition) is 3. The summed E-state index contributed by atoms with van der Waals surface area (Å²) in [7, 11) is -2.81. The summed E-state index contributed by atoms with van der Waals surface area (Å²) in [4.78, 5) is 4.80. The number of hydrogen-bond donors (Lipinski definition) is 2. The summed E-state index contributed by atoms with van der Waals surface area (Å²) in [5.74, 6) is 2.67. The largest absolute Gasteiger partial charge is 0.354 e. The minimum absolute atomic E-state index is 0.197. The molecule has 1 atom stereocenters. The van der Waals surface area contributed by atoms with Gasteiger partial charge in [0.15, 0.2) is 15.8 Å². The van der Waals surface area contributed by atoms with E-state index in [9.17, 15) is 8.42 Å². The third kappa shape index (κ3) is 5.87. The van der Waals surface area contributed by atoms with Crippen LogP contribution >= 0.6 is 0 Å². The van der Waals surface area contributed by atoms with Crippen molar-refractivity contribution in [1.82, 2.24) is 10.6 Å². The molecular formula is C19H35N3O2S. The highest BCUT2D eigenvalue weighted by Crippen LogP contribution is 2.26. The summed E-state index contributed by atoms with van der Waals surface area (Å²) < 4.78 is 23.3. The fourth-order valence-corrected chi connectivity index (χ4v) is 6.39. The van der Waals surface area contributed by atoms with Crippen molar-refractivity contribution < 1.29 is 8.42 Å². The van der Waals surface area contributed by atoms with Crippen LogP contribution in [0.3, 0.4) is 0 Å². The second-order valence-electron chi connectivity index (χ2n) is 8.35. The molecule has 1 unspecified atom stereocenters. The van der Waals surface area contributed by atoms with Gasteiger partial charge < -0.3 is 10.6 Å². The van der Waals surface area contributed by atoms with E-state index in [0.29, 0.717) is 30.1 Å². The van der Waals surface area contributed by atoms with E-state index in [1.165, 1.54) is 57.8 Å². The molecule has 1 aliphatic heterocycles. The Kier molecular flexibility index (Phi) is 6.64. The molecule has 0 aromatic carbocycles. The Labute approximate surface area is 153 Å². The molecule has 3 fully saturated rings. The molecule has 1 saturated heterocycles. The van der Waals surface area contributed by atoms with Gasteiger partial charge in [-0.05, 0) is 56.8 Å². The Morgan fingerprint density at radius 1 is 0.920 bits per heavy atom. The van der Waals surface area contributed by atoms with Gasteiger partial charge in [-0.2, -0.15) is 0 Å². The maximum atomic E-state index is 11.7. The average Bonchev–Trinajstić information content (AvgIpc) is 3.22. The zero-order valence-corrected chi connectivity index (χ0v) is 16.5. The highest BCUT2D eigenvalue weighted by molar-refractivity contribution is 7.91. The summed E-state index contributed by atoms with van der Waals surface area (Å²) in [5, 5.41) is 7.28. The van der Waals surface area contributed by atoms with Gasteiger partial charge in [0, 0.05) is 18.6 Å². The smallest absolute Gasteiger partial charge is 0.191 e. The van der Waals surface area contributed by atoms with E-state index in [1.54, 1.807) is 0 Å². The van der Waals surface area contributed by atoms with Gasteiger partial charge in [0.25, 0.3) is 0 Å². The molecule has 0 spiro atoms. The number of rotatable bonds is 5. The van der Waals surface area contributed by atoms with Crippen LogP contribution in [0.15, 0.2) is 4.99 Å². The SMILES string of the molecule is CCC1CCC(NC(=NCC2CCS(=O)(=O)C2)NC2CCCC2)CC1. The lowest BCUT2D eigenvalue weighted by molar-refractivity contribution is 0.303. The molecule has 2 saturated carbocycles. The summed E-state index contributed by atoms with van der Waals surface area (Å²) in [5.41, 5.74) is 0. The van der Waals surface area contributed by atoms with E-state index in [4.69, 9.17) is 4.99 Å². The van der Waals surface area contributed by atoms with Crippen molar-refractivity contribution in [3.63, 3.8) is 0 Å². The van der Waals surface area contributed by atoms with Gasteiger partial charge in [0.05, 0.1) is 11.5 Å². The average molecular weight is 370 g/mol. The van der Waals surface area contributed by atoms with Crippen LogP contribution in [0.25, 0.3) is 0 Å². The monoisotopic (exact) mass is 369 g/mol. The predicted octanol–water partition coefficient (Wildman–Crippen LogP) is 2.87. The molecule has 2 aliphatic carbocycles. The lowest BCUT2D eigenvalue weighted by atomic mass is 9.84. The molecule has 0 bridgehead atoms. The van der Waals surface area contributed by atoms with Crippen LogP contribution in [-0.4, -0.2) is 44.5 Å². The number of nitrogens with one attached hydrogen (secondary N) is 2. The quantitative estimate of drug-likeness (QED) is 0.577. The van der Waals surface area contributed by atoms with Crippen LogP contribution < -0.4 is 10.6 Å². The second kappa shape index (κ2) is 8.74. The number of sulfone groups is 1. The summed E-state index contributed by atoms with van der Waals surface area (Å²) >= 11 is 0. The van der Waals surface area contributed by atoms with E-state index in [1.807, 2.05) is 0 Å². The van der Waals surface area contributed by atoms with Crippen molar-refractivity contribution in [2.75, 3.05) is 18.1 Å². The van der Waals surface area contributed by atoms with Crippen LogP contribution in [-0.2, 0) is 9.84 Å². The van der Waals surface area contributed by atoms with Crippen LogP contribution in [0.1, 0.15) is 71.1 Å². The van der Waals surface area contributed by atoms with E-state index in [-0.39, 0.29) is 5.92 Å². The molecule has 144 valence electrons. The van der Waals surface area contributed by atoms with Crippen LogP contribution in [0.2, 0.25) is 0 Å². The highest BCUT2D eigenvalue weighted by atomic mass is 32.2. The van der Waals surface area contributed by atoms with Gasteiger partial charge in [-0.3, -0.25) is 4.99 Å². The van der Waals surface area contributed by atoms with Gasteiger partial charge in [0.1, 0.15) is 0 Å². The summed E-state index contributed by atoms with van der Waals surface area (Å²) in [6, 6.07) is 1.05.